The minimum Gasteiger partial charge on any atom is -0.497 e. The molecule has 1 aliphatic rings. The van der Waals surface area contributed by atoms with Crippen molar-refractivity contribution in [2.75, 3.05) is 32.2 Å². The number of carbonyl (C=O) groups is 1. The number of amides is 2. The van der Waals surface area contributed by atoms with Crippen LogP contribution >= 0.6 is 0 Å². The molecule has 5 nitrogen and oxygen atoms in total. The van der Waals surface area contributed by atoms with Crippen LogP contribution in [0, 0.1) is 5.92 Å². The molecule has 0 aromatic heterocycles. The number of benzene rings is 1. The Kier molecular flexibility index (Phi) is 5.68. The van der Waals surface area contributed by atoms with Gasteiger partial charge in [0.05, 0.1) is 7.11 Å². The minimum absolute atomic E-state index is 0.197. The first-order valence-electron chi connectivity index (χ1n) is 7.04. The highest BCUT2D eigenvalue weighted by molar-refractivity contribution is 5.89. The van der Waals surface area contributed by atoms with Gasteiger partial charge < -0.3 is 20.1 Å². The second-order valence-electron chi connectivity index (χ2n) is 4.98. The Bertz CT molecular complexity index is 416. The van der Waals surface area contributed by atoms with E-state index in [1.54, 1.807) is 31.4 Å². The van der Waals surface area contributed by atoms with Crippen LogP contribution in [0.5, 0.6) is 5.75 Å². The van der Waals surface area contributed by atoms with Crippen LogP contribution in [0.25, 0.3) is 0 Å². The Morgan fingerprint density at radius 2 is 2.05 bits per heavy atom. The molecule has 2 N–H and O–H groups in total. The predicted molar refractivity (Wildman–Crippen MR) is 78.2 cm³/mol. The molecule has 1 aromatic rings. The molecule has 110 valence electrons. The summed E-state index contributed by atoms with van der Waals surface area (Å²) in [5, 5.41) is 5.57. The number of carbonyl (C=O) groups excluding carboxylic acids is 1. The van der Waals surface area contributed by atoms with E-state index in [0.29, 0.717) is 13.2 Å². The molecular formula is C15H22N2O3. The zero-order chi connectivity index (χ0) is 14.2. The van der Waals surface area contributed by atoms with Crippen molar-refractivity contribution in [3.8, 4) is 5.75 Å². The molecule has 0 unspecified atom stereocenters. The van der Waals surface area contributed by atoms with Crippen molar-refractivity contribution in [3.63, 3.8) is 0 Å². The van der Waals surface area contributed by atoms with E-state index in [-0.39, 0.29) is 6.03 Å². The molecule has 0 heterocycles. The molecule has 1 aliphatic carbocycles. The van der Waals surface area contributed by atoms with Crippen molar-refractivity contribution < 1.29 is 14.3 Å². The smallest absolute Gasteiger partial charge is 0.319 e. The standard InChI is InChI=1S/C15H22N2O3/c1-19-14-7-5-13(6-8-14)17-15(18)16-9-2-10-20-11-12-3-4-12/h5-8,12H,2-4,9-11H2,1H3,(H2,16,17,18). The molecular weight excluding hydrogens is 256 g/mol. The van der Waals surface area contributed by atoms with Gasteiger partial charge in [-0.1, -0.05) is 0 Å². The molecule has 0 aliphatic heterocycles. The third-order valence-corrected chi connectivity index (χ3v) is 3.15. The van der Waals surface area contributed by atoms with Crippen LogP contribution in [-0.4, -0.2) is 32.9 Å². The van der Waals surface area contributed by atoms with Gasteiger partial charge in [-0.3, -0.25) is 0 Å². The van der Waals surface area contributed by atoms with Gasteiger partial charge in [0.25, 0.3) is 0 Å². The van der Waals surface area contributed by atoms with Gasteiger partial charge in [0, 0.05) is 25.4 Å². The summed E-state index contributed by atoms with van der Waals surface area (Å²) in [4.78, 5) is 11.6. The fourth-order valence-corrected chi connectivity index (χ4v) is 1.76. The highest BCUT2D eigenvalue weighted by Gasteiger charge is 2.20. The zero-order valence-corrected chi connectivity index (χ0v) is 11.9. The van der Waals surface area contributed by atoms with Gasteiger partial charge in [-0.25, -0.2) is 4.79 Å². The number of hydrogen-bond acceptors (Lipinski definition) is 3. The monoisotopic (exact) mass is 278 g/mol. The third kappa shape index (κ3) is 5.48. The highest BCUT2D eigenvalue weighted by Crippen LogP contribution is 2.28. The number of hydrogen-bond donors (Lipinski definition) is 2. The summed E-state index contributed by atoms with van der Waals surface area (Å²) in [7, 11) is 1.61. The Labute approximate surface area is 119 Å². The third-order valence-electron chi connectivity index (χ3n) is 3.15. The maximum atomic E-state index is 11.6. The van der Waals surface area contributed by atoms with Gasteiger partial charge in [0.2, 0.25) is 0 Å². The lowest BCUT2D eigenvalue weighted by Gasteiger charge is -2.08. The van der Waals surface area contributed by atoms with Gasteiger partial charge in [0.15, 0.2) is 0 Å². The average Bonchev–Trinajstić information content (AvgIpc) is 3.27. The summed E-state index contributed by atoms with van der Waals surface area (Å²) in [6.45, 7) is 2.20. The van der Waals surface area contributed by atoms with Gasteiger partial charge in [-0.05, 0) is 49.4 Å². The summed E-state index contributed by atoms with van der Waals surface area (Å²) in [6, 6.07) is 7.02. The molecule has 0 spiro atoms. The Hall–Kier alpha value is -1.75. The van der Waals surface area contributed by atoms with E-state index in [4.69, 9.17) is 9.47 Å². The second kappa shape index (κ2) is 7.75. The second-order valence-corrected chi connectivity index (χ2v) is 4.98. The molecule has 0 atom stereocenters. The maximum absolute atomic E-state index is 11.6. The van der Waals surface area contributed by atoms with E-state index in [1.807, 2.05) is 0 Å². The molecule has 2 amide bonds. The van der Waals surface area contributed by atoms with Crippen LogP contribution in [0.4, 0.5) is 10.5 Å². The summed E-state index contributed by atoms with van der Waals surface area (Å²) < 4.78 is 10.6. The molecule has 0 saturated heterocycles. The van der Waals surface area contributed by atoms with Crippen molar-refractivity contribution in [2.24, 2.45) is 5.92 Å². The fourth-order valence-electron chi connectivity index (χ4n) is 1.76. The summed E-state index contributed by atoms with van der Waals surface area (Å²) >= 11 is 0. The lowest BCUT2D eigenvalue weighted by atomic mass is 10.3. The lowest BCUT2D eigenvalue weighted by molar-refractivity contribution is 0.122. The Morgan fingerprint density at radius 3 is 2.70 bits per heavy atom. The SMILES string of the molecule is COc1ccc(NC(=O)NCCCOCC2CC2)cc1. The van der Waals surface area contributed by atoms with Crippen LogP contribution in [-0.2, 0) is 4.74 Å². The molecule has 0 bridgehead atoms. The van der Waals surface area contributed by atoms with E-state index in [2.05, 4.69) is 10.6 Å². The lowest BCUT2D eigenvalue weighted by Crippen LogP contribution is -2.30. The van der Waals surface area contributed by atoms with Crippen molar-refractivity contribution in [1.82, 2.24) is 5.32 Å². The number of nitrogens with one attached hydrogen (secondary N) is 2. The number of rotatable bonds is 8. The first kappa shape index (κ1) is 14.7. The van der Waals surface area contributed by atoms with Crippen LogP contribution in [0.3, 0.4) is 0 Å². The molecule has 5 heteroatoms. The van der Waals surface area contributed by atoms with Crippen molar-refractivity contribution in [2.45, 2.75) is 19.3 Å². The van der Waals surface area contributed by atoms with Crippen molar-refractivity contribution >= 4 is 11.7 Å². The average molecular weight is 278 g/mol. The Balaban J connectivity index is 1.54. The van der Waals surface area contributed by atoms with Gasteiger partial charge >= 0.3 is 6.03 Å². The number of ether oxygens (including phenoxy) is 2. The van der Waals surface area contributed by atoms with E-state index in [0.717, 1.165) is 30.4 Å². The van der Waals surface area contributed by atoms with Crippen LogP contribution < -0.4 is 15.4 Å². The minimum atomic E-state index is -0.197. The summed E-state index contributed by atoms with van der Waals surface area (Å²) in [5.41, 5.74) is 0.744. The highest BCUT2D eigenvalue weighted by atomic mass is 16.5. The number of urea groups is 1. The van der Waals surface area contributed by atoms with Crippen molar-refractivity contribution in [1.29, 1.82) is 0 Å². The van der Waals surface area contributed by atoms with Crippen molar-refractivity contribution in [3.05, 3.63) is 24.3 Å². The van der Waals surface area contributed by atoms with Gasteiger partial charge in [-0.2, -0.15) is 0 Å². The first-order valence-corrected chi connectivity index (χ1v) is 7.04. The summed E-state index contributed by atoms with van der Waals surface area (Å²) in [6.07, 6.45) is 3.45. The van der Waals surface area contributed by atoms with Gasteiger partial charge in [-0.15, -0.1) is 0 Å². The van der Waals surface area contributed by atoms with E-state index in [9.17, 15) is 4.79 Å². The Morgan fingerprint density at radius 1 is 1.30 bits per heavy atom. The molecule has 0 radical (unpaired) electrons. The van der Waals surface area contributed by atoms with E-state index < -0.39 is 0 Å². The largest absolute Gasteiger partial charge is 0.497 e. The maximum Gasteiger partial charge on any atom is 0.319 e. The molecule has 1 aromatic carbocycles. The zero-order valence-electron chi connectivity index (χ0n) is 11.9. The first-order chi connectivity index (χ1) is 9.78. The topological polar surface area (TPSA) is 59.6 Å². The quantitative estimate of drug-likeness (QED) is 0.719. The fraction of sp³-hybridized carbons (Fsp3) is 0.533. The number of anilines is 1. The number of methoxy groups -OCH3 is 1. The molecule has 2 rings (SSSR count). The summed E-state index contributed by atoms with van der Waals surface area (Å²) in [5.74, 6) is 1.56. The van der Waals surface area contributed by atoms with E-state index >= 15 is 0 Å². The normalized spacial score (nSPS) is 13.8. The van der Waals surface area contributed by atoms with Crippen LogP contribution in [0.15, 0.2) is 24.3 Å². The van der Waals surface area contributed by atoms with Crippen LogP contribution in [0.1, 0.15) is 19.3 Å². The van der Waals surface area contributed by atoms with Crippen LogP contribution in [0.2, 0.25) is 0 Å². The van der Waals surface area contributed by atoms with E-state index in [1.165, 1.54) is 12.8 Å². The molecule has 20 heavy (non-hydrogen) atoms. The predicted octanol–water partition coefficient (Wildman–Crippen LogP) is 2.63. The van der Waals surface area contributed by atoms with Gasteiger partial charge in [0.1, 0.15) is 5.75 Å². The molecule has 1 fully saturated rings. The molecule has 1 saturated carbocycles.